The number of nitrogens with one attached hydrogen (secondary N) is 1. The summed E-state index contributed by atoms with van der Waals surface area (Å²) in [6, 6.07) is 0. The lowest BCUT2D eigenvalue weighted by atomic mass is 9.92. The van der Waals surface area contributed by atoms with Crippen LogP contribution in [0.3, 0.4) is 0 Å². The van der Waals surface area contributed by atoms with Gasteiger partial charge in [-0.15, -0.1) is 0 Å². The van der Waals surface area contributed by atoms with Crippen LogP contribution in [0.25, 0.3) is 0 Å². The van der Waals surface area contributed by atoms with E-state index in [4.69, 9.17) is 5.11 Å². The van der Waals surface area contributed by atoms with Gasteiger partial charge in [-0.25, -0.2) is 0 Å². The van der Waals surface area contributed by atoms with E-state index in [-0.39, 0.29) is 18.2 Å². The number of carbonyl (C=O) groups is 2. The average Bonchev–Trinajstić information content (AvgIpc) is 2.64. The molecule has 0 aliphatic rings. The molecule has 0 radical (unpaired) electrons. The maximum absolute atomic E-state index is 12.4. The number of carboxylic acid groups (broad SMARTS) is 1. The number of hydrogen-bond acceptors (Lipinski definition) is 3. The molecule has 0 unspecified atom stereocenters. The van der Waals surface area contributed by atoms with Crippen molar-refractivity contribution in [2.75, 3.05) is 0 Å². The number of aryl methyl sites for hydroxylation is 2. The van der Waals surface area contributed by atoms with E-state index in [2.05, 4.69) is 10.4 Å². The van der Waals surface area contributed by atoms with Crippen LogP contribution in [0.2, 0.25) is 0 Å². The summed E-state index contributed by atoms with van der Waals surface area (Å²) >= 11 is 0. The van der Waals surface area contributed by atoms with Crippen molar-refractivity contribution in [3.8, 4) is 0 Å². The van der Waals surface area contributed by atoms with Crippen LogP contribution in [0.5, 0.6) is 0 Å². The van der Waals surface area contributed by atoms with Gasteiger partial charge >= 0.3 is 5.97 Å². The zero-order chi connectivity index (χ0) is 17.1. The fourth-order valence-electron chi connectivity index (χ4n) is 2.52. The van der Waals surface area contributed by atoms with Crippen molar-refractivity contribution >= 4 is 11.9 Å². The molecular weight excluding hydrogens is 282 g/mol. The van der Waals surface area contributed by atoms with E-state index in [0.717, 1.165) is 17.0 Å². The largest absolute Gasteiger partial charge is 0.481 e. The highest BCUT2D eigenvalue weighted by Crippen LogP contribution is 2.19. The van der Waals surface area contributed by atoms with Crippen molar-refractivity contribution in [1.82, 2.24) is 15.1 Å². The second-order valence-corrected chi connectivity index (χ2v) is 6.35. The van der Waals surface area contributed by atoms with E-state index < -0.39 is 11.5 Å². The molecular formula is C16H27N3O3. The van der Waals surface area contributed by atoms with E-state index in [0.29, 0.717) is 12.8 Å². The topological polar surface area (TPSA) is 84.2 Å². The number of carboxylic acids is 1. The van der Waals surface area contributed by atoms with Crippen LogP contribution in [0, 0.1) is 19.8 Å². The third kappa shape index (κ3) is 4.32. The lowest BCUT2D eigenvalue weighted by molar-refractivity contribution is -0.139. The van der Waals surface area contributed by atoms with Crippen LogP contribution in [0.4, 0.5) is 0 Å². The predicted molar refractivity (Wildman–Crippen MR) is 84.6 cm³/mol. The smallest absolute Gasteiger partial charge is 0.305 e. The Morgan fingerprint density at radius 2 is 2.00 bits per heavy atom. The zero-order valence-corrected chi connectivity index (χ0v) is 14.4. The highest BCUT2D eigenvalue weighted by molar-refractivity contribution is 5.80. The molecule has 2 N–H and O–H groups in total. The van der Waals surface area contributed by atoms with Crippen molar-refractivity contribution in [2.45, 2.75) is 59.4 Å². The van der Waals surface area contributed by atoms with E-state index in [1.165, 1.54) is 0 Å². The molecule has 0 saturated heterocycles. The third-order valence-corrected chi connectivity index (χ3v) is 4.36. The summed E-state index contributed by atoms with van der Waals surface area (Å²) in [4.78, 5) is 23.3. The SMILES string of the molecule is CC[C@](C)(CC(=O)O)NC(=O)[C@@H](C)Cc1c(C)nn(C)c1C. The number of carbonyl (C=O) groups excluding carboxylic acids is 1. The third-order valence-electron chi connectivity index (χ3n) is 4.36. The monoisotopic (exact) mass is 309 g/mol. The molecule has 0 aliphatic carbocycles. The molecule has 2 atom stereocenters. The van der Waals surface area contributed by atoms with Gasteiger partial charge in [-0.1, -0.05) is 13.8 Å². The Hall–Kier alpha value is -1.85. The van der Waals surface area contributed by atoms with E-state index >= 15 is 0 Å². The Morgan fingerprint density at radius 3 is 2.41 bits per heavy atom. The summed E-state index contributed by atoms with van der Waals surface area (Å²) in [5.74, 6) is -1.26. The molecule has 1 amide bonds. The van der Waals surface area contributed by atoms with Gasteiger partial charge in [0.05, 0.1) is 12.1 Å². The number of amides is 1. The fraction of sp³-hybridized carbons (Fsp3) is 0.688. The maximum Gasteiger partial charge on any atom is 0.305 e. The molecule has 1 aromatic rings. The molecule has 0 aliphatic heterocycles. The van der Waals surface area contributed by atoms with E-state index in [1.54, 1.807) is 6.92 Å². The molecule has 0 spiro atoms. The van der Waals surface area contributed by atoms with Crippen molar-refractivity contribution < 1.29 is 14.7 Å². The van der Waals surface area contributed by atoms with Crippen LogP contribution in [0.15, 0.2) is 0 Å². The van der Waals surface area contributed by atoms with Gasteiger partial charge in [-0.2, -0.15) is 5.10 Å². The van der Waals surface area contributed by atoms with Gasteiger partial charge in [-0.3, -0.25) is 14.3 Å². The summed E-state index contributed by atoms with van der Waals surface area (Å²) in [5.41, 5.74) is 2.36. The Labute approximate surface area is 131 Å². The molecule has 0 bridgehead atoms. The van der Waals surface area contributed by atoms with Crippen molar-refractivity contribution in [3.05, 3.63) is 17.0 Å². The van der Waals surface area contributed by atoms with Crippen LogP contribution in [0.1, 0.15) is 50.6 Å². The first-order valence-electron chi connectivity index (χ1n) is 7.62. The van der Waals surface area contributed by atoms with E-state index in [1.807, 2.05) is 39.4 Å². The Kier molecular flexibility index (Phi) is 5.74. The molecule has 22 heavy (non-hydrogen) atoms. The van der Waals surface area contributed by atoms with Gasteiger partial charge in [0.2, 0.25) is 5.91 Å². The maximum atomic E-state index is 12.4. The molecule has 1 aromatic heterocycles. The first kappa shape index (κ1) is 18.2. The van der Waals surface area contributed by atoms with Crippen LogP contribution in [-0.2, 0) is 23.1 Å². The number of rotatable bonds is 7. The molecule has 0 saturated carbocycles. The zero-order valence-electron chi connectivity index (χ0n) is 14.4. The minimum atomic E-state index is -0.906. The average molecular weight is 309 g/mol. The minimum Gasteiger partial charge on any atom is -0.481 e. The molecule has 6 nitrogen and oxygen atoms in total. The molecule has 1 heterocycles. The minimum absolute atomic E-state index is 0.0765. The molecule has 0 fully saturated rings. The first-order valence-corrected chi connectivity index (χ1v) is 7.62. The Balaban J connectivity index is 2.78. The Morgan fingerprint density at radius 1 is 1.41 bits per heavy atom. The summed E-state index contributed by atoms with van der Waals surface area (Å²) in [7, 11) is 1.89. The van der Waals surface area contributed by atoms with E-state index in [9.17, 15) is 9.59 Å². The molecule has 6 heteroatoms. The van der Waals surface area contributed by atoms with Gasteiger partial charge in [0.25, 0.3) is 0 Å². The predicted octanol–water partition coefficient (Wildman–Crippen LogP) is 1.98. The number of aromatic nitrogens is 2. The summed E-state index contributed by atoms with van der Waals surface area (Å²) in [6.07, 6.45) is 1.10. The lowest BCUT2D eigenvalue weighted by Gasteiger charge is -2.29. The summed E-state index contributed by atoms with van der Waals surface area (Å²) < 4.78 is 1.82. The summed E-state index contributed by atoms with van der Waals surface area (Å²) in [6.45, 7) is 9.43. The first-order chi connectivity index (χ1) is 10.1. The fourth-order valence-corrected chi connectivity index (χ4v) is 2.52. The quantitative estimate of drug-likeness (QED) is 0.806. The molecule has 0 aromatic carbocycles. The van der Waals surface area contributed by atoms with Crippen molar-refractivity contribution in [1.29, 1.82) is 0 Å². The second-order valence-electron chi connectivity index (χ2n) is 6.35. The highest BCUT2D eigenvalue weighted by atomic mass is 16.4. The standard InChI is InChI=1S/C16H27N3O3/c1-7-16(5,9-14(20)21)17-15(22)10(2)8-13-11(3)18-19(6)12(13)4/h10H,7-9H2,1-6H3,(H,17,22)(H,20,21)/t10-,16+/m0/s1. The second kappa shape index (κ2) is 6.94. The normalized spacial score (nSPS) is 15.2. The lowest BCUT2D eigenvalue weighted by Crippen LogP contribution is -2.49. The van der Waals surface area contributed by atoms with Gasteiger partial charge in [0, 0.05) is 24.2 Å². The van der Waals surface area contributed by atoms with Crippen molar-refractivity contribution in [2.24, 2.45) is 13.0 Å². The Bertz CT molecular complexity index is 565. The number of nitrogens with zero attached hydrogens (tertiary/aromatic N) is 2. The van der Waals surface area contributed by atoms with Gasteiger partial charge < -0.3 is 10.4 Å². The highest BCUT2D eigenvalue weighted by Gasteiger charge is 2.29. The number of aliphatic carboxylic acids is 1. The number of hydrogen-bond donors (Lipinski definition) is 2. The summed E-state index contributed by atoms with van der Waals surface area (Å²) in [5, 5.41) is 16.2. The van der Waals surface area contributed by atoms with Crippen LogP contribution in [-0.4, -0.2) is 32.3 Å². The van der Waals surface area contributed by atoms with Crippen LogP contribution < -0.4 is 5.32 Å². The van der Waals surface area contributed by atoms with Crippen LogP contribution >= 0.6 is 0 Å². The molecule has 1 rings (SSSR count). The molecule has 124 valence electrons. The van der Waals surface area contributed by atoms with Gasteiger partial charge in [0.15, 0.2) is 0 Å². The van der Waals surface area contributed by atoms with Gasteiger partial charge in [-0.05, 0) is 39.2 Å². The van der Waals surface area contributed by atoms with Gasteiger partial charge in [0.1, 0.15) is 0 Å². The van der Waals surface area contributed by atoms with Crippen molar-refractivity contribution in [3.63, 3.8) is 0 Å².